The minimum absolute atomic E-state index is 0.0459. The molecule has 5 rings (SSSR count). The minimum Gasteiger partial charge on any atom is -0.476 e. The quantitative estimate of drug-likeness (QED) is 0.799. The maximum absolute atomic E-state index is 6.59. The van der Waals surface area contributed by atoms with E-state index in [4.69, 9.17) is 35.9 Å². The number of benzene rings is 1. The van der Waals surface area contributed by atoms with Crippen LogP contribution in [0.5, 0.6) is 0 Å². The first-order valence-electron chi connectivity index (χ1n) is 9.94. The Morgan fingerprint density at radius 3 is 2.48 bits per heavy atom. The van der Waals surface area contributed by atoms with Gasteiger partial charge in [0.25, 0.3) is 6.02 Å². The van der Waals surface area contributed by atoms with E-state index in [0.29, 0.717) is 0 Å². The van der Waals surface area contributed by atoms with Gasteiger partial charge in [0.2, 0.25) is 0 Å². The number of rotatable bonds is 2. The van der Waals surface area contributed by atoms with E-state index in [9.17, 15) is 0 Å². The van der Waals surface area contributed by atoms with Crippen LogP contribution in [0.3, 0.4) is 0 Å². The van der Waals surface area contributed by atoms with Gasteiger partial charge in [-0.2, -0.15) is 0 Å². The molecule has 2 spiro atoms. The number of aliphatic imine (C=N–C) groups is 1. The van der Waals surface area contributed by atoms with Crippen molar-refractivity contribution in [2.24, 2.45) is 16.1 Å². The van der Waals surface area contributed by atoms with Gasteiger partial charge in [-0.05, 0) is 54.9 Å². The van der Waals surface area contributed by atoms with Crippen LogP contribution in [0, 0.1) is 5.41 Å². The average Bonchev–Trinajstić information content (AvgIpc) is 3.13. The molecule has 1 atom stereocenters. The van der Waals surface area contributed by atoms with Crippen LogP contribution in [-0.2, 0) is 21.4 Å². The molecule has 1 aromatic carbocycles. The van der Waals surface area contributed by atoms with Crippen molar-refractivity contribution in [2.75, 3.05) is 7.11 Å². The first-order chi connectivity index (χ1) is 13.9. The summed E-state index contributed by atoms with van der Waals surface area (Å²) >= 11 is 0. The number of ether oxygens (including phenoxy) is 2. The van der Waals surface area contributed by atoms with E-state index in [1.54, 1.807) is 19.5 Å². The van der Waals surface area contributed by atoms with E-state index in [2.05, 4.69) is 28.2 Å². The van der Waals surface area contributed by atoms with E-state index in [1.807, 2.05) is 0 Å². The fourth-order valence-corrected chi connectivity index (χ4v) is 5.72. The van der Waals surface area contributed by atoms with E-state index < -0.39 is 10.9 Å². The van der Waals surface area contributed by atoms with Gasteiger partial charge in [0.15, 0.2) is 0 Å². The van der Waals surface area contributed by atoms with Crippen molar-refractivity contribution >= 4 is 21.7 Å². The van der Waals surface area contributed by atoms with Crippen LogP contribution in [0.2, 0.25) is 0 Å². The average molecular weight is 384 g/mol. The van der Waals surface area contributed by atoms with Crippen LogP contribution in [0.25, 0.3) is 11.1 Å². The van der Waals surface area contributed by atoms with Gasteiger partial charge in [-0.25, -0.2) is 15.0 Å². The molecule has 2 N–H and O–H groups in total. The zero-order chi connectivity index (χ0) is 20.3. The number of aromatic nitrogens is 2. The molecule has 3 aliphatic rings. The van der Waals surface area contributed by atoms with Crippen LogP contribution in [0.4, 0.5) is 0 Å². The predicted octanol–water partition coefficient (Wildman–Crippen LogP) is 1.81. The van der Waals surface area contributed by atoms with Crippen LogP contribution in [0.15, 0.2) is 41.9 Å². The molecule has 144 valence electrons. The highest BCUT2D eigenvalue weighted by Gasteiger charge is 2.67. The van der Waals surface area contributed by atoms with Crippen LogP contribution in [-0.4, -0.2) is 50.3 Å². The molecule has 2 aliphatic carbocycles. The molecule has 1 aromatic heterocycles. The lowest BCUT2D eigenvalue weighted by molar-refractivity contribution is -0.0256. The standard InChI is InChI=1S/C21H22B2N4O2/c1-28-16-4-6-19(7-5-16)9-14-3-2-13(15-10-25-12-26-11-15)8-17(14)20(19)21(22,23)29-18(24)27-20/h2-3,8,10-12,16H,4-7,9H2,1H3,(H2,24,27)/t16?,19?,20-/m0/s1. The van der Waals surface area contributed by atoms with E-state index in [1.165, 1.54) is 11.9 Å². The molecule has 2 aromatic rings. The minimum atomic E-state index is -1.52. The summed E-state index contributed by atoms with van der Waals surface area (Å²) in [4.78, 5) is 13.1. The Labute approximate surface area is 173 Å². The molecule has 1 aliphatic heterocycles. The number of nitrogens with two attached hydrogens (primary N) is 1. The Balaban J connectivity index is 1.69. The smallest absolute Gasteiger partial charge is 0.281 e. The monoisotopic (exact) mass is 384 g/mol. The third-order valence-electron chi connectivity index (χ3n) is 7.03. The number of nitrogens with zero attached hydrogens (tertiary/aromatic N) is 3. The van der Waals surface area contributed by atoms with Crippen molar-refractivity contribution in [3.05, 3.63) is 48.0 Å². The van der Waals surface area contributed by atoms with Gasteiger partial charge < -0.3 is 15.2 Å². The summed E-state index contributed by atoms with van der Waals surface area (Å²) in [5.41, 5.74) is 8.91. The van der Waals surface area contributed by atoms with E-state index in [0.717, 1.165) is 48.8 Å². The topological polar surface area (TPSA) is 82.6 Å². The summed E-state index contributed by atoms with van der Waals surface area (Å²) < 4.78 is 11.3. The molecule has 0 saturated heterocycles. The van der Waals surface area contributed by atoms with Crippen LogP contribution in [0.1, 0.15) is 36.8 Å². The zero-order valence-electron chi connectivity index (χ0n) is 16.5. The Hall–Kier alpha value is -2.34. The summed E-state index contributed by atoms with van der Waals surface area (Å²) in [6.45, 7) is 0. The molecule has 0 unspecified atom stereocenters. The summed E-state index contributed by atoms with van der Waals surface area (Å²) in [6, 6.07) is 6.37. The number of hydrogen-bond acceptors (Lipinski definition) is 6. The van der Waals surface area contributed by atoms with Gasteiger partial charge in [-0.3, -0.25) is 0 Å². The lowest BCUT2D eigenvalue weighted by Crippen LogP contribution is -2.59. The van der Waals surface area contributed by atoms with Crippen molar-refractivity contribution in [1.82, 2.24) is 9.97 Å². The molecule has 1 fully saturated rings. The highest BCUT2D eigenvalue weighted by molar-refractivity contribution is 6.41. The van der Waals surface area contributed by atoms with Gasteiger partial charge in [-0.1, -0.05) is 12.1 Å². The summed E-state index contributed by atoms with van der Waals surface area (Å²) in [7, 11) is 14.9. The molecule has 2 heterocycles. The second-order valence-electron chi connectivity index (χ2n) is 8.45. The van der Waals surface area contributed by atoms with Crippen LogP contribution >= 0.6 is 0 Å². The maximum atomic E-state index is 6.59. The molecule has 4 radical (unpaired) electrons. The fourth-order valence-electron chi connectivity index (χ4n) is 5.72. The third-order valence-corrected chi connectivity index (χ3v) is 7.03. The number of hydrogen-bond donors (Lipinski definition) is 1. The molecule has 0 amide bonds. The van der Waals surface area contributed by atoms with Crippen molar-refractivity contribution in [3.8, 4) is 11.1 Å². The summed E-state index contributed by atoms with van der Waals surface area (Å²) in [6.07, 6.45) is 9.80. The third kappa shape index (κ3) is 2.51. The Kier molecular flexibility index (Phi) is 4.07. The van der Waals surface area contributed by atoms with Gasteiger partial charge >= 0.3 is 0 Å². The maximum Gasteiger partial charge on any atom is 0.281 e. The van der Waals surface area contributed by atoms with E-state index in [-0.39, 0.29) is 17.5 Å². The second kappa shape index (κ2) is 6.33. The van der Waals surface area contributed by atoms with Crippen molar-refractivity contribution in [3.63, 3.8) is 0 Å². The Morgan fingerprint density at radius 1 is 1.14 bits per heavy atom. The number of fused-ring (bicyclic) bond motifs is 3. The second-order valence-corrected chi connectivity index (χ2v) is 8.45. The molecular weight excluding hydrogens is 362 g/mol. The molecule has 0 bridgehead atoms. The molecule has 8 heteroatoms. The normalized spacial score (nSPS) is 32.2. The van der Waals surface area contributed by atoms with E-state index >= 15 is 0 Å². The molecule has 1 saturated carbocycles. The zero-order valence-corrected chi connectivity index (χ0v) is 16.5. The van der Waals surface area contributed by atoms with Crippen molar-refractivity contribution < 1.29 is 9.47 Å². The van der Waals surface area contributed by atoms with Crippen molar-refractivity contribution in [1.29, 1.82) is 0 Å². The largest absolute Gasteiger partial charge is 0.476 e. The summed E-state index contributed by atoms with van der Waals surface area (Å²) in [5, 5.41) is -1.52. The van der Waals surface area contributed by atoms with Gasteiger partial charge in [0.05, 0.1) is 11.5 Å². The first-order valence-corrected chi connectivity index (χ1v) is 9.94. The fraction of sp³-hybridized carbons (Fsp3) is 0.476. The SMILES string of the molecule is [B]C1([B])OC(N)=N[C@]12c1cc(-c3cncnc3)ccc1CC21CCC(OC)CC1. The van der Waals surface area contributed by atoms with Crippen LogP contribution < -0.4 is 5.73 Å². The van der Waals surface area contributed by atoms with Gasteiger partial charge in [-0.15, -0.1) is 0 Å². The number of methoxy groups -OCH3 is 1. The van der Waals surface area contributed by atoms with Gasteiger partial charge in [0.1, 0.15) is 27.6 Å². The highest BCUT2D eigenvalue weighted by Crippen LogP contribution is 2.65. The lowest BCUT2D eigenvalue weighted by atomic mass is 9.45. The predicted molar refractivity (Wildman–Crippen MR) is 111 cm³/mol. The molecule has 6 nitrogen and oxygen atoms in total. The summed E-state index contributed by atoms with van der Waals surface area (Å²) in [5.74, 6) is 0. The molecule has 29 heavy (non-hydrogen) atoms. The van der Waals surface area contributed by atoms with Gasteiger partial charge in [0, 0.05) is 30.5 Å². The Bertz CT molecular complexity index is 974. The molecular formula is C21H22B2N4O2. The van der Waals surface area contributed by atoms with Crippen molar-refractivity contribution in [2.45, 2.75) is 49.1 Å². The number of amidine groups is 1. The first kappa shape index (κ1) is 18.7. The lowest BCUT2D eigenvalue weighted by Gasteiger charge is -2.52. The highest BCUT2D eigenvalue weighted by atomic mass is 16.5. The Morgan fingerprint density at radius 2 is 1.86 bits per heavy atom.